The van der Waals surface area contributed by atoms with Gasteiger partial charge in [-0.25, -0.2) is 15.8 Å². The van der Waals surface area contributed by atoms with E-state index in [4.69, 9.17) is 10.6 Å². The predicted molar refractivity (Wildman–Crippen MR) is 94.1 cm³/mol. The van der Waals surface area contributed by atoms with E-state index in [2.05, 4.69) is 27.3 Å². The number of alkyl halides is 3. The van der Waals surface area contributed by atoms with Gasteiger partial charge in [0.05, 0.1) is 19.0 Å². The van der Waals surface area contributed by atoms with E-state index in [0.29, 0.717) is 24.1 Å². The number of hydrogen-bond acceptors (Lipinski definition) is 7. The Labute approximate surface area is 154 Å². The molecule has 0 spiro atoms. The molecule has 0 amide bonds. The van der Waals surface area contributed by atoms with Crippen molar-refractivity contribution in [3.8, 4) is 5.75 Å². The number of hydrazine groups is 1. The standard InChI is InChI=1S/C17H21F3N6O/c1-11-5-12(9-26(8-11)15-7-22-6-14(24-15)25-21)10-27-13-3-2-4-23-16(13)17(18,19)20/h2-4,6-7,11-12H,5,8-10,21H2,1H3,(H,24,25). The number of hydrogen-bond donors (Lipinski definition) is 2. The fourth-order valence-corrected chi connectivity index (χ4v) is 3.29. The summed E-state index contributed by atoms with van der Waals surface area (Å²) in [4.78, 5) is 13.9. The van der Waals surface area contributed by atoms with Crippen LogP contribution in [0.2, 0.25) is 0 Å². The molecule has 27 heavy (non-hydrogen) atoms. The van der Waals surface area contributed by atoms with Crippen LogP contribution in [0, 0.1) is 11.8 Å². The number of nitrogens with one attached hydrogen (secondary N) is 1. The number of ether oxygens (including phenoxy) is 1. The number of rotatable bonds is 5. The smallest absolute Gasteiger partial charge is 0.437 e. The summed E-state index contributed by atoms with van der Waals surface area (Å²) in [6.45, 7) is 3.63. The SMILES string of the molecule is CC1CC(COc2cccnc2C(F)(F)F)CN(c2cncc(NN)n2)C1. The zero-order valence-corrected chi connectivity index (χ0v) is 14.8. The summed E-state index contributed by atoms with van der Waals surface area (Å²) < 4.78 is 44.6. The number of aromatic nitrogens is 3. The lowest BCUT2D eigenvalue weighted by molar-refractivity contribution is -0.142. The summed E-state index contributed by atoms with van der Waals surface area (Å²) in [5, 5.41) is 0. The number of pyridine rings is 1. The Bertz CT molecular complexity index is 772. The number of piperidine rings is 1. The van der Waals surface area contributed by atoms with E-state index in [-0.39, 0.29) is 18.3 Å². The topological polar surface area (TPSA) is 89.2 Å². The molecular weight excluding hydrogens is 361 g/mol. The molecule has 3 N–H and O–H groups in total. The van der Waals surface area contributed by atoms with E-state index in [1.165, 1.54) is 18.3 Å². The summed E-state index contributed by atoms with van der Waals surface area (Å²) >= 11 is 0. The molecule has 10 heteroatoms. The lowest BCUT2D eigenvalue weighted by Gasteiger charge is -2.37. The van der Waals surface area contributed by atoms with Gasteiger partial charge >= 0.3 is 6.18 Å². The van der Waals surface area contributed by atoms with Gasteiger partial charge in [0, 0.05) is 25.2 Å². The molecule has 1 saturated heterocycles. The summed E-state index contributed by atoms with van der Waals surface area (Å²) in [6.07, 6.45) is 0.559. The Kier molecular flexibility index (Phi) is 5.64. The Morgan fingerprint density at radius 2 is 2.15 bits per heavy atom. The largest absolute Gasteiger partial charge is 0.491 e. The van der Waals surface area contributed by atoms with E-state index in [1.54, 1.807) is 6.20 Å². The lowest BCUT2D eigenvalue weighted by atomic mass is 9.91. The van der Waals surface area contributed by atoms with Crippen LogP contribution in [0.25, 0.3) is 0 Å². The molecule has 2 atom stereocenters. The summed E-state index contributed by atoms with van der Waals surface area (Å²) in [7, 11) is 0. The maximum Gasteiger partial charge on any atom is 0.437 e. The zero-order chi connectivity index (χ0) is 19.4. The predicted octanol–water partition coefficient (Wildman–Crippen LogP) is 2.72. The number of nitrogens with two attached hydrogens (primary N) is 1. The van der Waals surface area contributed by atoms with Gasteiger partial charge in [0.15, 0.2) is 11.5 Å². The first-order chi connectivity index (χ1) is 12.9. The number of nitrogen functional groups attached to an aromatic ring is 1. The monoisotopic (exact) mass is 382 g/mol. The van der Waals surface area contributed by atoms with Crippen molar-refractivity contribution in [2.75, 3.05) is 30.0 Å². The summed E-state index contributed by atoms with van der Waals surface area (Å²) in [5.74, 6) is 6.62. The molecule has 2 unspecified atom stereocenters. The second-order valence-electron chi connectivity index (χ2n) is 6.68. The van der Waals surface area contributed by atoms with Crippen LogP contribution in [0.1, 0.15) is 19.0 Å². The molecule has 3 rings (SSSR count). The maximum atomic E-state index is 13.0. The molecule has 7 nitrogen and oxygen atoms in total. The third-order valence-electron chi connectivity index (χ3n) is 4.35. The number of halogens is 3. The first kappa shape index (κ1) is 19.2. The molecule has 1 fully saturated rings. The minimum Gasteiger partial charge on any atom is -0.491 e. The van der Waals surface area contributed by atoms with Crippen molar-refractivity contribution in [3.63, 3.8) is 0 Å². The fourth-order valence-electron chi connectivity index (χ4n) is 3.29. The van der Waals surface area contributed by atoms with E-state index in [1.807, 2.05) is 4.90 Å². The highest BCUT2D eigenvalue weighted by Gasteiger charge is 2.36. The van der Waals surface area contributed by atoms with Crippen LogP contribution in [0.4, 0.5) is 24.8 Å². The Morgan fingerprint density at radius 1 is 1.33 bits per heavy atom. The van der Waals surface area contributed by atoms with Crippen LogP contribution in [0.15, 0.2) is 30.7 Å². The average molecular weight is 382 g/mol. The first-order valence-corrected chi connectivity index (χ1v) is 8.55. The highest BCUT2D eigenvalue weighted by atomic mass is 19.4. The van der Waals surface area contributed by atoms with Crippen LogP contribution in [0.5, 0.6) is 5.75 Å². The van der Waals surface area contributed by atoms with Crippen molar-refractivity contribution in [2.24, 2.45) is 17.7 Å². The van der Waals surface area contributed by atoms with E-state index < -0.39 is 11.9 Å². The third kappa shape index (κ3) is 4.76. The zero-order valence-electron chi connectivity index (χ0n) is 14.8. The molecule has 1 aliphatic heterocycles. The molecule has 0 saturated carbocycles. The summed E-state index contributed by atoms with van der Waals surface area (Å²) in [5.41, 5.74) is 1.46. The molecule has 0 aliphatic carbocycles. The van der Waals surface area contributed by atoms with Crippen molar-refractivity contribution in [2.45, 2.75) is 19.5 Å². The number of nitrogens with zero attached hydrogens (tertiary/aromatic N) is 4. The van der Waals surface area contributed by atoms with Crippen LogP contribution in [-0.2, 0) is 6.18 Å². The van der Waals surface area contributed by atoms with E-state index in [0.717, 1.165) is 19.2 Å². The highest BCUT2D eigenvalue weighted by Crippen LogP contribution is 2.35. The Hall–Kier alpha value is -2.62. The van der Waals surface area contributed by atoms with Gasteiger partial charge in [-0.2, -0.15) is 13.2 Å². The van der Waals surface area contributed by atoms with Crippen molar-refractivity contribution in [1.29, 1.82) is 0 Å². The van der Waals surface area contributed by atoms with Gasteiger partial charge in [-0.05, 0) is 24.5 Å². The highest BCUT2D eigenvalue weighted by molar-refractivity contribution is 5.43. The minimum absolute atomic E-state index is 0.0475. The van der Waals surface area contributed by atoms with Gasteiger partial charge in [0.1, 0.15) is 11.6 Å². The van der Waals surface area contributed by atoms with Crippen LogP contribution >= 0.6 is 0 Å². The minimum atomic E-state index is -4.55. The van der Waals surface area contributed by atoms with E-state index in [9.17, 15) is 13.2 Å². The molecule has 146 valence electrons. The Morgan fingerprint density at radius 3 is 2.89 bits per heavy atom. The molecule has 2 aromatic heterocycles. The van der Waals surface area contributed by atoms with Crippen molar-refractivity contribution >= 4 is 11.6 Å². The van der Waals surface area contributed by atoms with Crippen LogP contribution in [-0.4, -0.2) is 34.6 Å². The van der Waals surface area contributed by atoms with Crippen molar-refractivity contribution in [3.05, 3.63) is 36.4 Å². The molecule has 1 aliphatic rings. The van der Waals surface area contributed by atoms with Crippen molar-refractivity contribution in [1.82, 2.24) is 15.0 Å². The second kappa shape index (κ2) is 7.95. The van der Waals surface area contributed by atoms with Gasteiger partial charge < -0.3 is 15.1 Å². The average Bonchev–Trinajstić information content (AvgIpc) is 2.65. The lowest BCUT2D eigenvalue weighted by Crippen LogP contribution is -2.42. The Balaban J connectivity index is 1.69. The molecular formula is C17H21F3N6O. The molecule has 3 heterocycles. The van der Waals surface area contributed by atoms with Crippen LogP contribution in [0.3, 0.4) is 0 Å². The van der Waals surface area contributed by atoms with Crippen molar-refractivity contribution < 1.29 is 17.9 Å². The third-order valence-corrected chi connectivity index (χ3v) is 4.35. The quantitative estimate of drug-likeness (QED) is 0.607. The van der Waals surface area contributed by atoms with Gasteiger partial charge in [0.25, 0.3) is 0 Å². The van der Waals surface area contributed by atoms with Gasteiger partial charge in [0.2, 0.25) is 0 Å². The van der Waals surface area contributed by atoms with Gasteiger partial charge in [-0.15, -0.1) is 0 Å². The molecule has 0 aromatic carbocycles. The first-order valence-electron chi connectivity index (χ1n) is 8.55. The number of anilines is 2. The summed E-state index contributed by atoms with van der Waals surface area (Å²) in [6, 6.07) is 2.73. The van der Waals surface area contributed by atoms with Gasteiger partial charge in [-0.3, -0.25) is 4.98 Å². The second-order valence-corrected chi connectivity index (χ2v) is 6.68. The fraction of sp³-hybridized carbons (Fsp3) is 0.471. The molecule has 0 bridgehead atoms. The molecule has 2 aromatic rings. The van der Waals surface area contributed by atoms with E-state index >= 15 is 0 Å². The maximum absolute atomic E-state index is 13.0. The molecule has 0 radical (unpaired) electrons. The van der Waals surface area contributed by atoms with Crippen LogP contribution < -0.4 is 20.9 Å². The van der Waals surface area contributed by atoms with Gasteiger partial charge in [-0.1, -0.05) is 6.92 Å². The normalized spacial score (nSPS) is 20.4.